The summed E-state index contributed by atoms with van der Waals surface area (Å²) in [4.78, 5) is 10.3. The summed E-state index contributed by atoms with van der Waals surface area (Å²) in [6.07, 6.45) is 4.42. The van der Waals surface area contributed by atoms with Gasteiger partial charge in [0.1, 0.15) is 0 Å². The molecule has 1 aromatic carbocycles. The smallest absolute Gasteiger partial charge is 0.191 e. The standard InChI is InChI=1S/C19H28N4O2S2.HI/c1-4-15(14-27(24,25)17-9-7-6-8-10-17)23-19(20-3)21-12-11-18-22-13-16(5-2)26-18;/h6-10,13,15H,4-5,11-12,14H2,1-3H3,(H2,20,21,23);1H. The second-order valence-electron chi connectivity index (χ2n) is 6.17. The van der Waals surface area contributed by atoms with Crippen LogP contribution in [0.25, 0.3) is 0 Å². The van der Waals surface area contributed by atoms with E-state index in [1.165, 1.54) is 4.88 Å². The minimum Gasteiger partial charge on any atom is -0.356 e. The zero-order valence-corrected chi connectivity index (χ0v) is 20.5. The molecule has 0 radical (unpaired) electrons. The Hall–Kier alpha value is -1.20. The van der Waals surface area contributed by atoms with Crippen molar-refractivity contribution in [1.82, 2.24) is 15.6 Å². The Morgan fingerprint density at radius 2 is 1.96 bits per heavy atom. The maximum Gasteiger partial charge on any atom is 0.191 e. The SMILES string of the molecule is CCc1cnc(CCNC(=NC)NC(CC)CS(=O)(=O)c2ccccc2)s1.I. The molecule has 9 heteroatoms. The molecular weight excluding hydrogens is 507 g/mol. The van der Waals surface area contributed by atoms with Gasteiger partial charge in [0.15, 0.2) is 15.8 Å². The topological polar surface area (TPSA) is 83.4 Å². The van der Waals surface area contributed by atoms with Crippen LogP contribution < -0.4 is 10.6 Å². The van der Waals surface area contributed by atoms with Gasteiger partial charge in [0.2, 0.25) is 0 Å². The van der Waals surface area contributed by atoms with Crippen LogP contribution in [0, 0.1) is 0 Å². The van der Waals surface area contributed by atoms with E-state index in [9.17, 15) is 8.42 Å². The van der Waals surface area contributed by atoms with Crippen LogP contribution in [-0.2, 0) is 22.7 Å². The average molecular weight is 537 g/mol. The molecule has 2 aromatic rings. The van der Waals surface area contributed by atoms with Crippen molar-refractivity contribution in [2.75, 3.05) is 19.3 Å². The lowest BCUT2D eigenvalue weighted by atomic mass is 10.2. The van der Waals surface area contributed by atoms with Crippen LogP contribution >= 0.6 is 35.3 Å². The van der Waals surface area contributed by atoms with Gasteiger partial charge < -0.3 is 10.6 Å². The molecule has 28 heavy (non-hydrogen) atoms. The minimum atomic E-state index is -3.34. The molecule has 156 valence electrons. The van der Waals surface area contributed by atoms with Crippen molar-refractivity contribution in [3.63, 3.8) is 0 Å². The highest BCUT2D eigenvalue weighted by Gasteiger charge is 2.20. The van der Waals surface area contributed by atoms with Gasteiger partial charge in [-0.2, -0.15) is 0 Å². The van der Waals surface area contributed by atoms with Crippen molar-refractivity contribution in [2.45, 2.75) is 44.0 Å². The number of benzene rings is 1. The monoisotopic (exact) mass is 536 g/mol. The number of nitrogens with one attached hydrogen (secondary N) is 2. The van der Waals surface area contributed by atoms with Crippen molar-refractivity contribution >= 4 is 51.1 Å². The fourth-order valence-electron chi connectivity index (χ4n) is 2.55. The summed E-state index contributed by atoms with van der Waals surface area (Å²) in [5.41, 5.74) is 0. The summed E-state index contributed by atoms with van der Waals surface area (Å²) in [5, 5.41) is 7.56. The number of sulfone groups is 1. The third kappa shape index (κ3) is 7.67. The highest BCUT2D eigenvalue weighted by Crippen LogP contribution is 2.14. The Balaban J connectivity index is 0.00000392. The number of guanidine groups is 1. The molecule has 2 N–H and O–H groups in total. The molecule has 1 heterocycles. The van der Waals surface area contributed by atoms with Crippen LogP contribution in [0.3, 0.4) is 0 Å². The lowest BCUT2D eigenvalue weighted by Crippen LogP contribution is -2.46. The van der Waals surface area contributed by atoms with Crippen LogP contribution in [0.1, 0.15) is 30.2 Å². The summed E-state index contributed by atoms with van der Waals surface area (Å²) in [6, 6.07) is 8.34. The summed E-state index contributed by atoms with van der Waals surface area (Å²) in [6.45, 7) is 4.78. The van der Waals surface area contributed by atoms with Gasteiger partial charge in [-0.1, -0.05) is 32.0 Å². The van der Waals surface area contributed by atoms with E-state index >= 15 is 0 Å². The van der Waals surface area contributed by atoms with Crippen LogP contribution in [-0.4, -0.2) is 44.7 Å². The van der Waals surface area contributed by atoms with E-state index in [0.717, 1.165) is 17.8 Å². The van der Waals surface area contributed by atoms with Crippen molar-refractivity contribution in [3.8, 4) is 0 Å². The van der Waals surface area contributed by atoms with Gasteiger partial charge in [0, 0.05) is 37.1 Å². The van der Waals surface area contributed by atoms with Gasteiger partial charge in [-0.3, -0.25) is 4.99 Å². The average Bonchev–Trinajstić information content (AvgIpc) is 3.15. The van der Waals surface area contributed by atoms with Gasteiger partial charge in [-0.15, -0.1) is 35.3 Å². The van der Waals surface area contributed by atoms with Gasteiger partial charge in [-0.25, -0.2) is 13.4 Å². The Kier molecular flexibility index (Phi) is 11.0. The first kappa shape index (κ1) is 24.8. The van der Waals surface area contributed by atoms with Gasteiger partial charge in [0.05, 0.1) is 15.7 Å². The number of nitrogens with zero attached hydrogens (tertiary/aromatic N) is 2. The molecule has 1 atom stereocenters. The molecule has 0 aliphatic carbocycles. The third-order valence-corrected chi connectivity index (χ3v) is 7.19. The van der Waals surface area contributed by atoms with E-state index in [1.807, 2.05) is 19.2 Å². The van der Waals surface area contributed by atoms with E-state index in [4.69, 9.17) is 0 Å². The van der Waals surface area contributed by atoms with E-state index in [2.05, 4.69) is 27.5 Å². The maximum atomic E-state index is 12.6. The fourth-order valence-corrected chi connectivity index (χ4v) is 5.03. The first-order chi connectivity index (χ1) is 13.0. The number of rotatable bonds is 9. The molecular formula is C19H29IN4O2S2. The summed E-state index contributed by atoms with van der Waals surface area (Å²) < 4.78 is 25.2. The molecule has 1 aromatic heterocycles. The molecule has 0 saturated heterocycles. The molecule has 0 bridgehead atoms. The van der Waals surface area contributed by atoms with Gasteiger partial charge >= 0.3 is 0 Å². The number of hydrogen-bond acceptors (Lipinski definition) is 5. The quantitative estimate of drug-likeness (QED) is 0.292. The largest absolute Gasteiger partial charge is 0.356 e. The summed E-state index contributed by atoms with van der Waals surface area (Å²) in [5.74, 6) is 0.637. The molecule has 0 amide bonds. The van der Waals surface area contributed by atoms with E-state index < -0.39 is 9.84 Å². The van der Waals surface area contributed by atoms with Crippen LogP contribution in [0.4, 0.5) is 0 Å². The number of hydrogen-bond donors (Lipinski definition) is 2. The Bertz CT molecular complexity index is 839. The lowest BCUT2D eigenvalue weighted by Gasteiger charge is -2.20. The number of halogens is 1. The van der Waals surface area contributed by atoms with Crippen molar-refractivity contribution in [2.24, 2.45) is 4.99 Å². The third-order valence-electron chi connectivity index (χ3n) is 4.16. The molecule has 0 saturated carbocycles. The first-order valence-electron chi connectivity index (χ1n) is 9.17. The Morgan fingerprint density at radius 1 is 1.25 bits per heavy atom. The molecule has 0 fully saturated rings. The van der Waals surface area contributed by atoms with Crippen LogP contribution in [0.15, 0.2) is 46.4 Å². The molecule has 6 nitrogen and oxygen atoms in total. The van der Waals surface area contributed by atoms with Crippen molar-refractivity contribution < 1.29 is 8.42 Å². The fraction of sp³-hybridized carbons (Fsp3) is 0.474. The predicted octanol–water partition coefficient (Wildman–Crippen LogP) is 3.28. The van der Waals surface area contributed by atoms with Crippen LogP contribution in [0.5, 0.6) is 0 Å². The van der Waals surface area contributed by atoms with Crippen molar-refractivity contribution in [3.05, 3.63) is 46.4 Å². The second-order valence-corrected chi connectivity index (χ2v) is 9.40. The Morgan fingerprint density at radius 3 is 2.54 bits per heavy atom. The molecule has 0 aliphatic heterocycles. The lowest BCUT2D eigenvalue weighted by molar-refractivity contribution is 0.569. The second kappa shape index (κ2) is 12.4. The minimum absolute atomic E-state index is 0. The number of aromatic nitrogens is 1. The number of thiazole rings is 1. The van der Waals surface area contributed by atoms with Gasteiger partial charge in [-0.05, 0) is 25.0 Å². The normalized spacial score (nSPS) is 12.9. The number of aryl methyl sites for hydroxylation is 1. The molecule has 1 unspecified atom stereocenters. The van der Waals surface area contributed by atoms with E-state index in [-0.39, 0.29) is 35.8 Å². The maximum absolute atomic E-state index is 12.6. The van der Waals surface area contributed by atoms with Crippen molar-refractivity contribution in [1.29, 1.82) is 0 Å². The predicted molar refractivity (Wildman–Crippen MR) is 128 cm³/mol. The Labute approximate surface area is 189 Å². The summed E-state index contributed by atoms with van der Waals surface area (Å²) >= 11 is 1.73. The molecule has 0 aliphatic rings. The first-order valence-corrected chi connectivity index (χ1v) is 11.6. The summed E-state index contributed by atoms with van der Waals surface area (Å²) in [7, 11) is -1.66. The van der Waals surface area contributed by atoms with E-state index in [1.54, 1.807) is 42.6 Å². The van der Waals surface area contributed by atoms with Gasteiger partial charge in [0.25, 0.3) is 0 Å². The molecule has 2 rings (SSSR count). The highest BCUT2D eigenvalue weighted by molar-refractivity contribution is 14.0. The zero-order valence-electron chi connectivity index (χ0n) is 16.5. The van der Waals surface area contributed by atoms with Crippen LogP contribution in [0.2, 0.25) is 0 Å². The number of aliphatic imine (C=N–C) groups is 1. The van der Waals surface area contributed by atoms with E-state index in [0.29, 0.717) is 23.8 Å². The zero-order chi connectivity index (χ0) is 19.7. The molecule has 0 spiro atoms. The highest BCUT2D eigenvalue weighted by atomic mass is 127.